The molecule has 1 amide bonds. The van der Waals surface area contributed by atoms with Crippen LogP contribution >= 0.6 is 0 Å². The molecule has 0 N–H and O–H groups in total. The molecule has 2 saturated heterocycles. The molecule has 4 rings (SSSR count). The number of amides is 1. The van der Waals surface area contributed by atoms with Crippen LogP contribution in [-0.2, 0) is 9.53 Å². The van der Waals surface area contributed by atoms with E-state index in [2.05, 4.69) is 4.90 Å². The number of hydrogen-bond donors (Lipinski definition) is 0. The lowest BCUT2D eigenvalue weighted by molar-refractivity contribution is -0.134. The third kappa shape index (κ3) is 3.33. The summed E-state index contributed by atoms with van der Waals surface area (Å²) in [7, 11) is 0. The van der Waals surface area contributed by atoms with Crippen molar-refractivity contribution in [2.75, 3.05) is 39.3 Å². The van der Waals surface area contributed by atoms with Gasteiger partial charge in [-0.2, -0.15) is 0 Å². The molecule has 1 aromatic rings. The number of carbonyl (C=O) groups is 1. The van der Waals surface area contributed by atoms with Gasteiger partial charge < -0.3 is 9.64 Å². The van der Waals surface area contributed by atoms with Crippen molar-refractivity contribution in [2.24, 2.45) is 5.92 Å². The van der Waals surface area contributed by atoms with Crippen LogP contribution < -0.4 is 0 Å². The van der Waals surface area contributed by atoms with Gasteiger partial charge in [0.05, 0.1) is 6.10 Å². The molecule has 5 heteroatoms. The lowest BCUT2D eigenvalue weighted by Crippen LogP contribution is -2.50. The van der Waals surface area contributed by atoms with E-state index in [1.54, 1.807) is 6.07 Å². The Morgan fingerprint density at radius 2 is 2.00 bits per heavy atom. The molecule has 0 bridgehead atoms. The molecule has 3 aliphatic rings. The molecule has 3 atom stereocenters. The van der Waals surface area contributed by atoms with E-state index in [-0.39, 0.29) is 23.6 Å². The summed E-state index contributed by atoms with van der Waals surface area (Å²) in [5.74, 6) is 0.0782. The fraction of sp³-hybridized carbons (Fsp3) is 0.632. The second-order valence-electron chi connectivity index (χ2n) is 7.23. The van der Waals surface area contributed by atoms with Crippen LogP contribution in [0.25, 0.3) is 0 Å². The highest BCUT2D eigenvalue weighted by Crippen LogP contribution is 2.49. The zero-order valence-corrected chi connectivity index (χ0v) is 14.0. The average Bonchev–Trinajstić information content (AvgIpc) is 3.23. The molecule has 1 saturated carbocycles. The van der Waals surface area contributed by atoms with E-state index in [4.69, 9.17) is 4.74 Å². The monoisotopic (exact) mass is 332 g/mol. The van der Waals surface area contributed by atoms with Gasteiger partial charge in [0.15, 0.2) is 0 Å². The van der Waals surface area contributed by atoms with Crippen molar-refractivity contribution in [3.63, 3.8) is 0 Å². The zero-order valence-electron chi connectivity index (χ0n) is 14.0. The molecule has 2 aliphatic heterocycles. The maximum Gasteiger partial charge on any atom is 0.226 e. The van der Waals surface area contributed by atoms with Crippen molar-refractivity contribution in [2.45, 2.75) is 31.3 Å². The molecule has 0 aromatic heterocycles. The normalized spacial score (nSPS) is 30.5. The number of halogens is 1. The summed E-state index contributed by atoms with van der Waals surface area (Å²) in [5.41, 5.74) is 0.702. The minimum atomic E-state index is -0.181. The van der Waals surface area contributed by atoms with Gasteiger partial charge in [-0.3, -0.25) is 9.69 Å². The van der Waals surface area contributed by atoms with E-state index < -0.39 is 0 Å². The summed E-state index contributed by atoms with van der Waals surface area (Å²) in [4.78, 5) is 17.0. The molecule has 24 heavy (non-hydrogen) atoms. The Hall–Kier alpha value is -1.46. The van der Waals surface area contributed by atoms with Crippen molar-refractivity contribution in [1.82, 2.24) is 9.80 Å². The number of ether oxygens (including phenoxy) is 1. The van der Waals surface area contributed by atoms with Crippen LogP contribution in [0.5, 0.6) is 0 Å². The largest absolute Gasteiger partial charge is 0.377 e. The van der Waals surface area contributed by atoms with Crippen molar-refractivity contribution in [1.29, 1.82) is 0 Å². The number of rotatable bonds is 4. The average molecular weight is 332 g/mol. The summed E-state index contributed by atoms with van der Waals surface area (Å²) >= 11 is 0. The molecular formula is C19H25FN2O2. The fourth-order valence-electron chi connectivity index (χ4n) is 4.05. The molecular weight excluding hydrogens is 307 g/mol. The molecule has 0 radical (unpaired) electrons. The van der Waals surface area contributed by atoms with Crippen LogP contribution in [0.15, 0.2) is 24.3 Å². The number of hydrogen-bond acceptors (Lipinski definition) is 3. The van der Waals surface area contributed by atoms with E-state index in [0.29, 0.717) is 11.7 Å². The van der Waals surface area contributed by atoms with Crippen LogP contribution in [0.2, 0.25) is 0 Å². The third-order valence-electron chi connectivity index (χ3n) is 5.58. The van der Waals surface area contributed by atoms with Crippen LogP contribution in [0.3, 0.4) is 0 Å². The van der Waals surface area contributed by atoms with Gasteiger partial charge in [0, 0.05) is 45.2 Å². The second kappa shape index (κ2) is 6.81. The van der Waals surface area contributed by atoms with E-state index in [1.165, 1.54) is 12.5 Å². The Kier molecular flexibility index (Phi) is 4.55. The topological polar surface area (TPSA) is 32.8 Å². The highest BCUT2D eigenvalue weighted by molar-refractivity contribution is 5.83. The first-order valence-electron chi connectivity index (χ1n) is 9.09. The SMILES string of the molecule is O=C(C1CC1c1ccccc1F)N1CCN(CC2CCCO2)CC1. The molecule has 4 nitrogen and oxygen atoms in total. The number of carbonyl (C=O) groups excluding carboxylic acids is 1. The standard InChI is InChI=1S/C19H25FN2O2/c20-18-6-2-1-5-15(18)16-12-17(16)19(23)22-9-7-21(8-10-22)13-14-4-3-11-24-14/h1-2,5-6,14,16-17H,3-4,7-13H2. The van der Waals surface area contributed by atoms with Crippen LogP contribution in [0.1, 0.15) is 30.7 Å². The van der Waals surface area contributed by atoms with Crippen molar-refractivity contribution in [3.8, 4) is 0 Å². The Morgan fingerprint density at radius 1 is 1.21 bits per heavy atom. The predicted octanol–water partition coefficient (Wildman–Crippen LogP) is 2.25. The van der Waals surface area contributed by atoms with Gasteiger partial charge in [-0.15, -0.1) is 0 Å². The summed E-state index contributed by atoms with van der Waals surface area (Å²) in [5, 5.41) is 0. The van der Waals surface area contributed by atoms with Gasteiger partial charge in [-0.05, 0) is 36.8 Å². The maximum absolute atomic E-state index is 13.9. The molecule has 3 fully saturated rings. The first kappa shape index (κ1) is 16.0. The fourth-order valence-corrected chi connectivity index (χ4v) is 4.05. The second-order valence-corrected chi connectivity index (χ2v) is 7.23. The lowest BCUT2D eigenvalue weighted by atomic mass is 10.1. The third-order valence-corrected chi connectivity index (χ3v) is 5.58. The Bertz CT molecular complexity index is 595. The molecule has 1 aliphatic carbocycles. The van der Waals surface area contributed by atoms with E-state index in [9.17, 15) is 9.18 Å². The molecule has 130 valence electrons. The number of benzene rings is 1. The molecule has 0 spiro atoms. The van der Waals surface area contributed by atoms with E-state index >= 15 is 0 Å². The summed E-state index contributed by atoms with van der Waals surface area (Å²) in [6.45, 7) is 5.29. The summed E-state index contributed by atoms with van der Waals surface area (Å²) < 4.78 is 19.6. The first-order valence-corrected chi connectivity index (χ1v) is 9.09. The van der Waals surface area contributed by atoms with Gasteiger partial charge >= 0.3 is 0 Å². The summed E-state index contributed by atoms with van der Waals surface area (Å²) in [6, 6.07) is 6.85. The van der Waals surface area contributed by atoms with Gasteiger partial charge in [0.25, 0.3) is 0 Å². The smallest absolute Gasteiger partial charge is 0.226 e. The quantitative estimate of drug-likeness (QED) is 0.848. The van der Waals surface area contributed by atoms with Crippen LogP contribution in [0, 0.1) is 11.7 Å². The van der Waals surface area contributed by atoms with Gasteiger partial charge in [-0.25, -0.2) is 4.39 Å². The van der Waals surface area contributed by atoms with E-state index in [0.717, 1.165) is 52.2 Å². The van der Waals surface area contributed by atoms with Gasteiger partial charge in [0.2, 0.25) is 5.91 Å². The highest BCUT2D eigenvalue weighted by Gasteiger charge is 2.47. The van der Waals surface area contributed by atoms with Gasteiger partial charge in [0.1, 0.15) is 5.82 Å². The predicted molar refractivity (Wildman–Crippen MR) is 89.2 cm³/mol. The van der Waals surface area contributed by atoms with E-state index in [1.807, 2.05) is 17.0 Å². The van der Waals surface area contributed by atoms with Crippen LogP contribution in [0.4, 0.5) is 4.39 Å². The van der Waals surface area contributed by atoms with Crippen molar-refractivity contribution < 1.29 is 13.9 Å². The molecule has 1 aromatic carbocycles. The van der Waals surface area contributed by atoms with Crippen molar-refractivity contribution in [3.05, 3.63) is 35.6 Å². The van der Waals surface area contributed by atoms with Crippen molar-refractivity contribution >= 4 is 5.91 Å². The Labute approximate surface area is 142 Å². The minimum Gasteiger partial charge on any atom is -0.377 e. The summed E-state index contributed by atoms with van der Waals surface area (Å²) in [6.07, 6.45) is 3.49. The minimum absolute atomic E-state index is 0.0217. The van der Waals surface area contributed by atoms with Gasteiger partial charge in [-0.1, -0.05) is 18.2 Å². The maximum atomic E-state index is 13.9. The Morgan fingerprint density at radius 3 is 2.71 bits per heavy atom. The van der Waals surface area contributed by atoms with Crippen LogP contribution in [-0.4, -0.2) is 61.1 Å². The lowest BCUT2D eigenvalue weighted by Gasteiger charge is -2.36. The number of piperazine rings is 1. The highest BCUT2D eigenvalue weighted by atomic mass is 19.1. The molecule has 2 heterocycles. The Balaban J connectivity index is 1.27. The molecule has 3 unspecified atom stereocenters. The number of nitrogens with zero attached hydrogens (tertiary/aromatic N) is 2. The zero-order chi connectivity index (χ0) is 16.5. The first-order chi connectivity index (χ1) is 11.7.